The summed E-state index contributed by atoms with van der Waals surface area (Å²) in [5.74, 6) is -6.33. The van der Waals surface area contributed by atoms with Crippen molar-refractivity contribution in [2.75, 3.05) is 0 Å². The van der Waals surface area contributed by atoms with Crippen LogP contribution < -0.4 is 9.47 Å². The van der Waals surface area contributed by atoms with E-state index in [0.29, 0.717) is 37.2 Å². The Morgan fingerprint density at radius 3 is 1.72 bits per heavy atom. The minimum atomic E-state index is -4.61. The molecule has 2 fully saturated rings. The van der Waals surface area contributed by atoms with Gasteiger partial charge in [0.1, 0.15) is 22.9 Å². The van der Waals surface area contributed by atoms with E-state index in [1.165, 1.54) is 44.9 Å². The van der Waals surface area contributed by atoms with E-state index in [-0.39, 0.29) is 17.6 Å². The first-order chi connectivity index (χ1) is 20.5. The van der Waals surface area contributed by atoms with Crippen molar-refractivity contribution in [1.82, 2.24) is 0 Å². The van der Waals surface area contributed by atoms with E-state index >= 15 is 0 Å². The predicted octanol–water partition coefficient (Wildman–Crippen LogP) is 11.2. The molecule has 0 spiro atoms. The fraction of sp³-hybridized carbons (Fsp3) is 0.576. The van der Waals surface area contributed by atoms with Crippen molar-refractivity contribution in [2.24, 2.45) is 17.8 Å². The van der Waals surface area contributed by atoms with E-state index in [2.05, 4.69) is 16.4 Å². The zero-order chi connectivity index (χ0) is 31.1. The Labute approximate surface area is 247 Å². The molecule has 0 unspecified atom stereocenters. The Kier molecular flexibility index (Phi) is 11.4. The molecule has 0 aromatic heterocycles. The first-order valence-electron chi connectivity index (χ1n) is 15.1. The van der Waals surface area contributed by atoms with Gasteiger partial charge in [0.2, 0.25) is 0 Å². The summed E-state index contributed by atoms with van der Waals surface area (Å²) in [6, 6.07) is 2.34. The fourth-order valence-electron chi connectivity index (χ4n) is 6.65. The zero-order valence-corrected chi connectivity index (χ0v) is 24.2. The standard InChI is InChI=1S/C33H38F8O2/c1-2-3-20-4-6-21(7-5-20)8-9-22-10-12-23(13-11-22)24-16-26(34)31(27(35)17-24)33(40,41)43-25-18-28(36)32(29(37)19-25)42-15-14-30(38)39/h14-23,30H,2-13H2,1H3/b15-14+. The van der Waals surface area contributed by atoms with Crippen LogP contribution in [-0.2, 0) is 6.11 Å². The number of ether oxygens (including phenoxy) is 2. The first-order valence-corrected chi connectivity index (χ1v) is 15.1. The van der Waals surface area contributed by atoms with Gasteiger partial charge >= 0.3 is 6.11 Å². The van der Waals surface area contributed by atoms with E-state index in [1.807, 2.05) is 0 Å². The van der Waals surface area contributed by atoms with Crippen molar-refractivity contribution in [3.05, 3.63) is 71.0 Å². The third-order valence-electron chi connectivity index (χ3n) is 8.95. The highest BCUT2D eigenvalue weighted by Crippen LogP contribution is 2.43. The lowest BCUT2D eigenvalue weighted by molar-refractivity contribution is -0.189. The molecule has 0 N–H and O–H groups in total. The van der Waals surface area contributed by atoms with E-state index in [1.54, 1.807) is 0 Å². The van der Waals surface area contributed by atoms with Crippen LogP contribution in [0.2, 0.25) is 0 Å². The van der Waals surface area contributed by atoms with Crippen molar-refractivity contribution in [3.8, 4) is 11.5 Å². The van der Waals surface area contributed by atoms with E-state index < -0.39 is 52.9 Å². The number of hydrogen-bond acceptors (Lipinski definition) is 2. The summed E-state index contributed by atoms with van der Waals surface area (Å²) in [7, 11) is 0. The molecule has 0 saturated heterocycles. The molecule has 2 nitrogen and oxygen atoms in total. The van der Waals surface area contributed by atoms with Crippen molar-refractivity contribution in [1.29, 1.82) is 0 Å². The summed E-state index contributed by atoms with van der Waals surface area (Å²) in [5, 5.41) is 0. The molecule has 10 heteroatoms. The van der Waals surface area contributed by atoms with Crippen LogP contribution in [0.25, 0.3) is 0 Å². The number of benzene rings is 2. The van der Waals surface area contributed by atoms with Gasteiger partial charge in [0.15, 0.2) is 17.4 Å². The molecule has 2 saturated carbocycles. The molecular formula is C33H38F8O2. The molecule has 2 aliphatic carbocycles. The highest BCUT2D eigenvalue weighted by molar-refractivity contribution is 5.37. The monoisotopic (exact) mass is 618 g/mol. The third kappa shape index (κ3) is 8.88. The molecule has 0 atom stereocenters. The average molecular weight is 619 g/mol. The highest BCUT2D eigenvalue weighted by Gasteiger charge is 2.42. The Balaban J connectivity index is 1.34. The molecule has 0 aliphatic heterocycles. The van der Waals surface area contributed by atoms with Gasteiger partial charge in [-0.3, -0.25) is 0 Å². The van der Waals surface area contributed by atoms with Crippen LogP contribution in [0.3, 0.4) is 0 Å². The van der Waals surface area contributed by atoms with Gasteiger partial charge in [-0.2, -0.15) is 8.78 Å². The van der Waals surface area contributed by atoms with E-state index in [4.69, 9.17) is 0 Å². The lowest BCUT2D eigenvalue weighted by atomic mass is 9.74. The van der Waals surface area contributed by atoms with Crippen molar-refractivity contribution < 1.29 is 44.6 Å². The fourth-order valence-corrected chi connectivity index (χ4v) is 6.65. The third-order valence-corrected chi connectivity index (χ3v) is 8.95. The molecule has 0 heterocycles. The molecule has 43 heavy (non-hydrogen) atoms. The molecule has 0 radical (unpaired) electrons. The SMILES string of the molecule is CCCC1CCC(CCC2CCC(c3cc(F)c(C(F)(F)Oc4cc(F)c(O/C=C/C(F)F)c(F)c4)c(F)c3)CC2)CC1. The largest absolute Gasteiger partial charge is 0.459 e. The minimum Gasteiger partial charge on any atom is -0.459 e. The molecule has 0 amide bonds. The van der Waals surface area contributed by atoms with Crippen LogP contribution in [0.1, 0.15) is 101 Å². The summed E-state index contributed by atoms with van der Waals surface area (Å²) in [4.78, 5) is 0. The second kappa shape index (κ2) is 14.8. The van der Waals surface area contributed by atoms with Gasteiger partial charge in [0, 0.05) is 18.2 Å². The number of allylic oxidation sites excluding steroid dienone is 1. The molecule has 238 valence electrons. The normalized spacial score (nSPS) is 23.2. The summed E-state index contributed by atoms with van der Waals surface area (Å²) >= 11 is 0. The number of alkyl halides is 4. The minimum absolute atomic E-state index is 0.164. The lowest BCUT2D eigenvalue weighted by Gasteiger charge is -2.32. The maximum atomic E-state index is 14.9. The second-order valence-electron chi connectivity index (χ2n) is 11.9. The molecule has 4 rings (SSSR count). The van der Waals surface area contributed by atoms with Gasteiger partial charge < -0.3 is 9.47 Å². The number of rotatable bonds is 12. The molecule has 2 aromatic rings. The maximum Gasteiger partial charge on any atom is 0.432 e. The van der Waals surface area contributed by atoms with Crippen molar-refractivity contribution in [2.45, 2.75) is 102 Å². The van der Waals surface area contributed by atoms with Crippen molar-refractivity contribution >= 4 is 0 Å². The molecule has 2 aromatic carbocycles. The van der Waals surface area contributed by atoms with Crippen molar-refractivity contribution in [3.63, 3.8) is 0 Å². The molecule has 0 bridgehead atoms. The average Bonchev–Trinajstić information content (AvgIpc) is 2.93. The first kappa shape index (κ1) is 33.1. The van der Waals surface area contributed by atoms with Crippen LogP contribution in [-0.4, -0.2) is 6.43 Å². The van der Waals surface area contributed by atoms with E-state index in [9.17, 15) is 35.1 Å². The Hall–Kier alpha value is -2.78. The van der Waals surface area contributed by atoms with Crippen LogP contribution in [0.4, 0.5) is 35.1 Å². The lowest BCUT2D eigenvalue weighted by Crippen LogP contribution is -2.26. The molecular weight excluding hydrogens is 580 g/mol. The van der Waals surface area contributed by atoms with Crippen LogP contribution >= 0.6 is 0 Å². The molecule has 2 aliphatic rings. The second-order valence-corrected chi connectivity index (χ2v) is 11.9. The summed E-state index contributed by atoms with van der Waals surface area (Å²) < 4.78 is 121. The van der Waals surface area contributed by atoms with Gasteiger partial charge in [-0.15, -0.1) is 0 Å². The smallest absolute Gasteiger partial charge is 0.432 e. The highest BCUT2D eigenvalue weighted by atomic mass is 19.3. The van der Waals surface area contributed by atoms with Gasteiger partial charge in [-0.05, 0) is 67.1 Å². The maximum absolute atomic E-state index is 14.9. The Bertz CT molecular complexity index is 1190. The van der Waals surface area contributed by atoms with Gasteiger partial charge in [-0.25, -0.2) is 26.3 Å². The van der Waals surface area contributed by atoms with E-state index in [0.717, 1.165) is 43.2 Å². The van der Waals surface area contributed by atoms with Crippen LogP contribution in [0.15, 0.2) is 36.6 Å². The summed E-state index contributed by atoms with van der Waals surface area (Å²) in [5.41, 5.74) is -1.39. The van der Waals surface area contributed by atoms with Crippen LogP contribution in [0.5, 0.6) is 11.5 Å². The predicted molar refractivity (Wildman–Crippen MR) is 147 cm³/mol. The van der Waals surface area contributed by atoms with Gasteiger partial charge in [-0.1, -0.05) is 58.3 Å². The summed E-state index contributed by atoms with van der Waals surface area (Å²) in [6.45, 7) is 2.24. The summed E-state index contributed by atoms with van der Waals surface area (Å²) in [6.07, 6.45) is 6.36. The van der Waals surface area contributed by atoms with Gasteiger partial charge in [0.05, 0.1) is 6.26 Å². The van der Waals surface area contributed by atoms with Crippen LogP contribution in [0, 0.1) is 41.0 Å². The Morgan fingerprint density at radius 2 is 1.23 bits per heavy atom. The quantitative estimate of drug-likeness (QED) is 0.174. The number of hydrogen-bond donors (Lipinski definition) is 0. The van der Waals surface area contributed by atoms with Gasteiger partial charge in [0.25, 0.3) is 6.43 Å². The number of halogens is 8. The Morgan fingerprint density at radius 1 is 0.744 bits per heavy atom. The zero-order valence-electron chi connectivity index (χ0n) is 24.2. The topological polar surface area (TPSA) is 18.5 Å².